The second-order valence-electron chi connectivity index (χ2n) is 4.75. The Bertz CT molecular complexity index is 486. The lowest BCUT2D eigenvalue weighted by molar-refractivity contribution is -0.385. The van der Waals surface area contributed by atoms with Crippen LogP contribution in [0.3, 0.4) is 0 Å². The van der Waals surface area contributed by atoms with E-state index in [2.05, 4.69) is 0 Å². The summed E-state index contributed by atoms with van der Waals surface area (Å²) in [5.41, 5.74) is 5.50. The summed E-state index contributed by atoms with van der Waals surface area (Å²) in [4.78, 5) is 10.3. The molecule has 5 nitrogen and oxygen atoms in total. The summed E-state index contributed by atoms with van der Waals surface area (Å²) in [5, 5.41) is 11.2. The molecular formula is C11H15ClN2O3S. The largest absolute Gasteiger partial charge is 0.325 e. The van der Waals surface area contributed by atoms with Crippen molar-refractivity contribution in [3.05, 3.63) is 38.9 Å². The van der Waals surface area contributed by atoms with Crippen molar-refractivity contribution in [1.29, 1.82) is 0 Å². The van der Waals surface area contributed by atoms with Gasteiger partial charge < -0.3 is 5.73 Å². The minimum atomic E-state index is -1.26. The first-order chi connectivity index (χ1) is 8.19. The van der Waals surface area contributed by atoms with Gasteiger partial charge in [0.1, 0.15) is 0 Å². The van der Waals surface area contributed by atoms with Gasteiger partial charge in [-0.3, -0.25) is 14.3 Å². The van der Waals surface area contributed by atoms with Gasteiger partial charge in [-0.2, -0.15) is 0 Å². The van der Waals surface area contributed by atoms with Crippen LogP contribution in [0.4, 0.5) is 5.69 Å². The van der Waals surface area contributed by atoms with Crippen LogP contribution in [-0.2, 0) is 16.6 Å². The zero-order valence-electron chi connectivity index (χ0n) is 10.2. The number of benzene rings is 1. The Labute approximate surface area is 113 Å². The van der Waals surface area contributed by atoms with Gasteiger partial charge in [-0.1, -0.05) is 11.6 Å². The molecule has 0 aliphatic heterocycles. The highest BCUT2D eigenvalue weighted by atomic mass is 35.5. The molecule has 0 heterocycles. The van der Waals surface area contributed by atoms with Gasteiger partial charge in [0.15, 0.2) is 0 Å². The Morgan fingerprint density at radius 2 is 2.11 bits per heavy atom. The fraction of sp³-hybridized carbons (Fsp3) is 0.455. The van der Waals surface area contributed by atoms with Gasteiger partial charge in [-0.15, -0.1) is 0 Å². The van der Waals surface area contributed by atoms with Crippen LogP contribution in [0.2, 0.25) is 5.02 Å². The molecule has 1 aromatic rings. The normalized spacial score (nSPS) is 13.3. The molecule has 7 heteroatoms. The third-order valence-corrected chi connectivity index (χ3v) is 4.02. The zero-order chi connectivity index (χ0) is 13.9. The van der Waals surface area contributed by atoms with E-state index in [1.54, 1.807) is 13.8 Å². The minimum absolute atomic E-state index is 0.0671. The highest BCUT2D eigenvalue weighted by molar-refractivity contribution is 7.84. The van der Waals surface area contributed by atoms with Crippen LogP contribution < -0.4 is 5.73 Å². The number of rotatable bonds is 5. The van der Waals surface area contributed by atoms with Crippen LogP contribution in [0, 0.1) is 10.1 Å². The lowest BCUT2D eigenvalue weighted by Gasteiger charge is -2.17. The predicted octanol–water partition coefficient (Wildman–Crippen LogP) is 2.23. The van der Waals surface area contributed by atoms with Crippen molar-refractivity contribution < 1.29 is 9.13 Å². The molecular weight excluding hydrogens is 276 g/mol. The molecule has 0 spiro atoms. The molecule has 2 N–H and O–H groups in total. The van der Waals surface area contributed by atoms with Crippen molar-refractivity contribution >= 4 is 28.1 Å². The van der Waals surface area contributed by atoms with Crippen LogP contribution >= 0.6 is 11.6 Å². The number of hydrogen-bond donors (Lipinski definition) is 1. The van der Waals surface area contributed by atoms with Crippen LogP contribution in [0.1, 0.15) is 19.4 Å². The first kappa shape index (κ1) is 15.1. The minimum Gasteiger partial charge on any atom is -0.325 e. The second kappa shape index (κ2) is 5.77. The molecule has 0 aliphatic rings. The van der Waals surface area contributed by atoms with Gasteiger partial charge >= 0.3 is 0 Å². The second-order valence-corrected chi connectivity index (χ2v) is 6.64. The van der Waals surface area contributed by atoms with Crippen molar-refractivity contribution in [2.45, 2.75) is 25.1 Å². The number of nitrogens with two attached hydrogens (primary N) is 1. The molecule has 0 amide bonds. The van der Waals surface area contributed by atoms with Crippen LogP contribution in [0.25, 0.3) is 0 Å². The van der Waals surface area contributed by atoms with E-state index in [4.69, 9.17) is 17.3 Å². The third kappa shape index (κ3) is 4.72. The molecule has 100 valence electrons. The molecule has 18 heavy (non-hydrogen) atoms. The smallest absolute Gasteiger partial charge is 0.273 e. The SMILES string of the molecule is CC(C)(N)CS(=O)Cc1cc(Cl)ccc1[N+](=O)[O-]. The highest BCUT2D eigenvalue weighted by Crippen LogP contribution is 2.24. The fourth-order valence-electron chi connectivity index (χ4n) is 1.49. The number of nitro benzene ring substituents is 1. The molecule has 1 aromatic carbocycles. The summed E-state index contributed by atoms with van der Waals surface area (Å²) in [7, 11) is -1.26. The van der Waals surface area contributed by atoms with E-state index < -0.39 is 21.3 Å². The van der Waals surface area contributed by atoms with Gasteiger partial charge in [0.2, 0.25) is 0 Å². The monoisotopic (exact) mass is 290 g/mol. The zero-order valence-corrected chi connectivity index (χ0v) is 11.8. The molecule has 0 saturated heterocycles. The van der Waals surface area contributed by atoms with Crippen molar-refractivity contribution in [2.75, 3.05) is 5.75 Å². The number of nitro groups is 1. The van der Waals surface area contributed by atoms with E-state index in [-0.39, 0.29) is 17.2 Å². The Morgan fingerprint density at radius 3 is 2.61 bits per heavy atom. The van der Waals surface area contributed by atoms with Crippen molar-refractivity contribution in [3.8, 4) is 0 Å². The quantitative estimate of drug-likeness (QED) is 0.665. The summed E-state index contributed by atoms with van der Waals surface area (Å²) >= 11 is 5.79. The van der Waals surface area contributed by atoms with E-state index in [1.165, 1.54) is 18.2 Å². The molecule has 1 atom stereocenters. The summed E-state index contributed by atoms with van der Waals surface area (Å²) in [6.07, 6.45) is 0. The van der Waals surface area contributed by atoms with Gasteiger partial charge in [0.25, 0.3) is 5.69 Å². The van der Waals surface area contributed by atoms with Gasteiger partial charge in [-0.25, -0.2) is 0 Å². The summed E-state index contributed by atoms with van der Waals surface area (Å²) in [5.74, 6) is 0.355. The first-order valence-corrected chi connectivity index (χ1v) is 7.12. The molecule has 0 bridgehead atoms. The lowest BCUT2D eigenvalue weighted by Crippen LogP contribution is -2.38. The number of nitrogens with zero attached hydrogens (tertiary/aromatic N) is 1. The summed E-state index contributed by atoms with van der Waals surface area (Å²) in [6.45, 7) is 3.52. The maximum atomic E-state index is 11.9. The third-order valence-electron chi connectivity index (χ3n) is 2.09. The van der Waals surface area contributed by atoms with E-state index in [0.29, 0.717) is 10.6 Å². The van der Waals surface area contributed by atoms with Crippen LogP contribution in [-0.4, -0.2) is 20.4 Å². The molecule has 1 rings (SSSR count). The molecule has 0 saturated carbocycles. The Hall–Kier alpha value is -0.980. The van der Waals surface area contributed by atoms with Crippen molar-refractivity contribution in [2.24, 2.45) is 5.73 Å². The summed E-state index contributed by atoms with van der Waals surface area (Å²) in [6, 6.07) is 4.24. The first-order valence-electron chi connectivity index (χ1n) is 5.26. The van der Waals surface area contributed by atoms with E-state index in [9.17, 15) is 14.3 Å². The fourth-order valence-corrected chi connectivity index (χ4v) is 3.19. The lowest BCUT2D eigenvalue weighted by atomic mass is 10.1. The topological polar surface area (TPSA) is 86.2 Å². The van der Waals surface area contributed by atoms with Crippen LogP contribution in [0.5, 0.6) is 0 Å². The molecule has 0 radical (unpaired) electrons. The van der Waals surface area contributed by atoms with Crippen molar-refractivity contribution in [1.82, 2.24) is 0 Å². The van der Waals surface area contributed by atoms with E-state index >= 15 is 0 Å². The highest BCUT2D eigenvalue weighted by Gasteiger charge is 2.20. The number of halogens is 1. The maximum absolute atomic E-state index is 11.9. The number of hydrogen-bond acceptors (Lipinski definition) is 4. The molecule has 1 unspecified atom stereocenters. The molecule has 0 fully saturated rings. The van der Waals surface area contributed by atoms with Crippen molar-refractivity contribution in [3.63, 3.8) is 0 Å². The Morgan fingerprint density at radius 1 is 1.50 bits per heavy atom. The molecule has 0 aromatic heterocycles. The summed E-state index contributed by atoms with van der Waals surface area (Å²) < 4.78 is 11.9. The average molecular weight is 291 g/mol. The predicted molar refractivity (Wildman–Crippen MR) is 73.1 cm³/mol. The maximum Gasteiger partial charge on any atom is 0.273 e. The van der Waals surface area contributed by atoms with E-state index in [0.717, 1.165) is 0 Å². The van der Waals surface area contributed by atoms with E-state index in [1.807, 2.05) is 0 Å². The molecule has 0 aliphatic carbocycles. The van der Waals surface area contributed by atoms with Gasteiger partial charge in [-0.05, 0) is 26.0 Å². The Balaban J connectivity index is 2.93. The van der Waals surface area contributed by atoms with Crippen LogP contribution in [0.15, 0.2) is 18.2 Å². The Kier molecular flexibility index (Phi) is 4.84. The average Bonchev–Trinajstić information content (AvgIpc) is 2.13. The van der Waals surface area contributed by atoms with Gasteiger partial charge in [0.05, 0.1) is 10.7 Å². The van der Waals surface area contributed by atoms with Gasteiger partial charge in [0, 0.05) is 38.7 Å². The standard InChI is InChI=1S/C11H15ClN2O3S/c1-11(2,13)7-18(17)6-8-5-9(12)3-4-10(8)14(15)16/h3-5H,6-7,13H2,1-2H3.